The van der Waals surface area contributed by atoms with Crippen LogP contribution in [0.2, 0.25) is 0 Å². The predicted octanol–water partition coefficient (Wildman–Crippen LogP) is 2.28. The Hall–Kier alpha value is -1.16. The molecule has 1 aromatic rings. The van der Waals surface area contributed by atoms with Gasteiger partial charge in [-0.05, 0) is 12.5 Å². The summed E-state index contributed by atoms with van der Waals surface area (Å²) < 4.78 is 18.1. The first-order valence-electron chi connectivity index (χ1n) is 5.16. The highest BCUT2D eigenvalue weighted by molar-refractivity contribution is 5.25. The normalized spacial score (nSPS) is 10.3. The number of hydrogen-bond donors (Lipinski definition) is 1. The molecule has 0 amide bonds. The first-order valence-corrected chi connectivity index (χ1v) is 5.16. The zero-order valence-corrected chi connectivity index (χ0v) is 8.87. The highest BCUT2D eigenvalue weighted by atomic mass is 19.1. The minimum atomic E-state index is -0.458. The lowest BCUT2D eigenvalue weighted by molar-refractivity contribution is 0.253. The number of nitrogens with zero attached hydrogens (tertiary/aromatic N) is 1. The van der Waals surface area contributed by atoms with Gasteiger partial charge in [-0.15, -0.1) is 0 Å². The molecule has 0 unspecified atom stereocenters. The van der Waals surface area contributed by atoms with Gasteiger partial charge in [-0.25, -0.2) is 9.37 Å². The van der Waals surface area contributed by atoms with Gasteiger partial charge in [-0.3, -0.25) is 0 Å². The highest BCUT2D eigenvalue weighted by Gasteiger charge is 2.05. The average Bonchev–Trinajstić information content (AvgIpc) is 2.26. The van der Waals surface area contributed by atoms with Crippen LogP contribution < -0.4 is 4.74 Å². The Morgan fingerprint density at radius 2 is 2.27 bits per heavy atom. The Morgan fingerprint density at radius 3 is 2.93 bits per heavy atom. The van der Waals surface area contributed by atoms with Gasteiger partial charge in [-0.2, -0.15) is 0 Å². The van der Waals surface area contributed by atoms with Crippen LogP contribution in [0.5, 0.6) is 5.88 Å². The van der Waals surface area contributed by atoms with Crippen molar-refractivity contribution in [2.24, 2.45) is 0 Å². The van der Waals surface area contributed by atoms with Crippen LogP contribution in [0, 0.1) is 5.82 Å². The number of hydrogen-bond acceptors (Lipinski definition) is 3. The third-order valence-corrected chi connectivity index (χ3v) is 2.05. The van der Waals surface area contributed by atoms with Crippen LogP contribution in [0.3, 0.4) is 0 Å². The van der Waals surface area contributed by atoms with Crippen LogP contribution in [0.15, 0.2) is 12.3 Å². The number of unbranched alkanes of at least 4 members (excludes halogenated alkanes) is 2. The molecule has 0 aliphatic heterocycles. The van der Waals surface area contributed by atoms with Crippen molar-refractivity contribution in [3.63, 3.8) is 0 Å². The summed E-state index contributed by atoms with van der Waals surface area (Å²) in [5.41, 5.74) is 0.395. The van der Waals surface area contributed by atoms with E-state index in [0.29, 0.717) is 18.1 Å². The van der Waals surface area contributed by atoms with Crippen LogP contribution in [0.25, 0.3) is 0 Å². The van der Waals surface area contributed by atoms with Crippen molar-refractivity contribution in [1.29, 1.82) is 0 Å². The van der Waals surface area contributed by atoms with E-state index in [4.69, 9.17) is 9.84 Å². The minimum absolute atomic E-state index is 0.256. The Labute approximate surface area is 88.9 Å². The molecule has 15 heavy (non-hydrogen) atoms. The SMILES string of the molecule is CCCCCOc1ncc(F)cc1CO. The van der Waals surface area contributed by atoms with E-state index in [1.54, 1.807) is 0 Å². The third kappa shape index (κ3) is 3.83. The monoisotopic (exact) mass is 213 g/mol. The second kappa shape index (κ2) is 6.35. The summed E-state index contributed by atoms with van der Waals surface area (Å²) in [5, 5.41) is 8.96. The number of rotatable bonds is 6. The summed E-state index contributed by atoms with van der Waals surface area (Å²) in [7, 11) is 0. The zero-order valence-electron chi connectivity index (χ0n) is 8.87. The summed E-state index contributed by atoms with van der Waals surface area (Å²) in [6.45, 7) is 2.41. The van der Waals surface area contributed by atoms with Crippen molar-refractivity contribution in [3.8, 4) is 5.88 Å². The van der Waals surface area contributed by atoms with E-state index in [1.807, 2.05) is 0 Å². The topological polar surface area (TPSA) is 42.4 Å². The van der Waals surface area contributed by atoms with Crippen LogP contribution >= 0.6 is 0 Å². The van der Waals surface area contributed by atoms with Crippen LogP contribution in [0.1, 0.15) is 31.7 Å². The number of aliphatic hydroxyl groups is 1. The number of pyridine rings is 1. The third-order valence-electron chi connectivity index (χ3n) is 2.05. The average molecular weight is 213 g/mol. The quantitative estimate of drug-likeness (QED) is 0.737. The molecule has 0 bridgehead atoms. The molecule has 0 aromatic carbocycles. The molecule has 3 nitrogen and oxygen atoms in total. The Morgan fingerprint density at radius 1 is 1.47 bits per heavy atom. The molecule has 0 aliphatic rings. The van der Waals surface area contributed by atoms with E-state index in [0.717, 1.165) is 25.5 Å². The fraction of sp³-hybridized carbons (Fsp3) is 0.545. The van der Waals surface area contributed by atoms with E-state index < -0.39 is 5.82 Å². The van der Waals surface area contributed by atoms with Crippen LogP contribution in [-0.2, 0) is 6.61 Å². The van der Waals surface area contributed by atoms with Gasteiger partial charge >= 0.3 is 0 Å². The maximum Gasteiger partial charge on any atom is 0.219 e. The molecular formula is C11H16FNO2. The van der Waals surface area contributed by atoms with E-state index in [-0.39, 0.29) is 6.61 Å². The van der Waals surface area contributed by atoms with E-state index in [2.05, 4.69) is 11.9 Å². The van der Waals surface area contributed by atoms with Gasteiger partial charge in [0.25, 0.3) is 0 Å². The summed E-state index contributed by atoms with van der Waals surface area (Å²) in [6, 6.07) is 1.24. The zero-order chi connectivity index (χ0) is 11.1. The largest absolute Gasteiger partial charge is 0.477 e. The highest BCUT2D eigenvalue weighted by Crippen LogP contribution is 2.16. The van der Waals surface area contributed by atoms with Gasteiger partial charge in [0.15, 0.2) is 0 Å². The van der Waals surface area contributed by atoms with Gasteiger partial charge in [0.1, 0.15) is 5.82 Å². The molecule has 1 aromatic heterocycles. The van der Waals surface area contributed by atoms with E-state index in [1.165, 1.54) is 6.07 Å². The number of aromatic nitrogens is 1. The Bertz CT molecular complexity index is 305. The second-order valence-electron chi connectivity index (χ2n) is 3.33. The molecule has 0 aliphatic carbocycles. The van der Waals surface area contributed by atoms with Crippen molar-refractivity contribution in [3.05, 3.63) is 23.6 Å². The lowest BCUT2D eigenvalue weighted by Crippen LogP contribution is -2.03. The fourth-order valence-electron chi connectivity index (χ4n) is 1.23. The van der Waals surface area contributed by atoms with E-state index in [9.17, 15) is 4.39 Å². The van der Waals surface area contributed by atoms with Gasteiger partial charge in [-0.1, -0.05) is 19.8 Å². The molecule has 0 saturated carbocycles. The Balaban J connectivity index is 2.52. The molecule has 0 saturated heterocycles. The summed E-state index contributed by atoms with van der Waals surface area (Å²) in [6.07, 6.45) is 4.25. The van der Waals surface area contributed by atoms with Gasteiger partial charge in [0.05, 0.1) is 19.4 Å². The lowest BCUT2D eigenvalue weighted by atomic mass is 10.2. The summed E-state index contributed by atoms with van der Waals surface area (Å²) in [5.74, 6) is -0.130. The van der Waals surface area contributed by atoms with Crippen molar-refractivity contribution in [2.45, 2.75) is 32.8 Å². The summed E-state index contributed by atoms with van der Waals surface area (Å²) >= 11 is 0. The van der Waals surface area contributed by atoms with Gasteiger partial charge in [0, 0.05) is 5.56 Å². The second-order valence-corrected chi connectivity index (χ2v) is 3.33. The first-order chi connectivity index (χ1) is 7.27. The minimum Gasteiger partial charge on any atom is -0.477 e. The molecule has 0 radical (unpaired) electrons. The fourth-order valence-corrected chi connectivity index (χ4v) is 1.23. The van der Waals surface area contributed by atoms with E-state index >= 15 is 0 Å². The van der Waals surface area contributed by atoms with Gasteiger partial charge in [0.2, 0.25) is 5.88 Å². The summed E-state index contributed by atoms with van der Waals surface area (Å²) in [4.78, 5) is 3.79. The lowest BCUT2D eigenvalue weighted by Gasteiger charge is -2.08. The molecule has 0 atom stereocenters. The molecule has 0 spiro atoms. The van der Waals surface area contributed by atoms with Crippen molar-refractivity contribution >= 4 is 0 Å². The van der Waals surface area contributed by atoms with Crippen molar-refractivity contribution in [2.75, 3.05) is 6.61 Å². The maximum atomic E-state index is 12.7. The first kappa shape index (κ1) is 11.9. The van der Waals surface area contributed by atoms with Crippen molar-refractivity contribution in [1.82, 2.24) is 4.98 Å². The molecule has 4 heteroatoms. The smallest absolute Gasteiger partial charge is 0.219 e. The molecule has 1 N–H and O–H groups in total. The number of aliphatic hydroxyl groups excluding tert-OH is 1. The molecule has 1 rings (SSSR count). The predicted molar refractivity (Wildman–Crippen MR) is 55.1 cm³/mol. The molecule has 84 valence electrons. The van der Waals surface area contributed by atoms with Crippen molar-refractivity contribution < 1.29 is 14.2 Å². The van der Waals surface area contributed by atoms with Crippen LogP contribution in [-0.4, -0.2) is 16.7 Å². The Kier molecular flexibility index (Phi) is 5.04. The molecule has 0 fully saturated rings. The van der Waals surface area contributed by atoms with Gasteiger partial charge < -0.3 is 9.84 Å². The maximum absolute atomic E-state index is 12.7. The number of ether oxygens (including phenoxy) is 1. The van der Waals surface area contributed by atoms with Crippen LogP contribution in [0.4, 0.5) is 4.39 Å². The molecule has 1 heterocycles. The standard InChI is InChI=1S/C11H16FNO2/c1-2-3-4-5-15-11-9(8-14)6-10(12)7-13-11/h6-7,14H,2-5,8H2,1H3. The number of halogens is 1. The molecular weight excluding hydrogens is 197 g/mol.